The molecular weight excluding hydrogens is 400 g/mol. The van der Waals surface area contributed by atoms with Gasteiger partial charge in [-0.25, -0.2) is 0 Å². The highest BCUT2D eigenvalue weighted by molar-refractivity contribution is 6.43. The number of nitrogens with zero attached hydrogens (tertiary/aromatic N) is 2. The molecule has 0 heterocycles. The smallest absolute Gasteiger partial charge is 0.0639 e. The van der Waals surface area contributed by atoms with E-state index in [4.69, 9.17) is 9.98 Å². The molecule has 2 aromatic carbocycles. The van der Waals surface area contributed by atoms with Crippen LogP contribution in [0.4, 0.5) is 11.4 Å². The van der Waals surface area contributed by atoms with E-state index in [0.29, 0.717) is 0 Å². The molecule has 2 rings (SSSR count). The number of aryl methyl sites for hydroxylation is 4. The minimum Gasteiger partial charge on any atom is -0.252 e. The summed E-state index contributed by atoms with van der Waals surface area (Å²) in [5.41, 5.74) is 10.0. The molecule has 0 saturated carbocycles. The van der Waals surface area contributed by atoms with Crippen LogP contribution in [0.1, 0.15) is 109 Å². The lowest BCUT2D eigenvalue weighted by Crippen LogP contribution is -2.14. The number of hydrogen-bond donors (Lipinski definition) is 0. The van der Waals surface area contributed by atoms with E-state index < -0.39 is 0 Å². The molecule has 2 aromatic rings. The molecule has 0 aliphatic heterocycles. The van der Waals surface area contributed by atoms with Crippen LogP contribution in [0.3, 0.4) is 0 Å². The first kappa shape index (κ1) is 27.0. The van der Waals surface area contributed by atoms with E-state index in [9.17, 15) is 0 Å². The normalized spacial score (nSPS) is 12.4. The Kier molecular flexibility index (Phi) is 12.1. The van der Waals surface area contributed by atoms with Gasteiger partial charge < -0.3 is 0 Å². The van der Waals surface area contributed by atoms with Gasteiger partial charge in [0.2, 0.25) is 0 Å². The van der Waals surface area contributed by atoms with Crippen LogP contribution in [0.5, 0.6) is 0 Å². The monoisotopic (exact) mass is 446 g/mol. The lowest BCUT2D eigenvalue weighted by atomic mass is 10.0. The average molecular weight is 447 g/mol. The minimum absolute atomic E-state index is 0.993. The summed E-state index contributed by atoms with van der Waals surface area (Å²) in [4.78, 5) is 10.5. The molecule has 0 N–H and O–H groups in total. The van der Waals surface area contributed by atoms with Crippen LogP contribution in [0.2, 0.25) is 0 Å². The van der Waals surface area contributed by atoms with E-state index in [1.165, 1.54) is 59.4 Å². The fourth-order valence-electron chi connectivity index (χ4n) is 4.16. The number of aliphatic imine (C=N–C) groups is 2. The van der Waals surface area contributed by atoms with Gasteiger partial charge in [-0.2, -0.15) is 0 Å². The molecule has 0 fully saturated rings. The summed E-state index contributed by atoms with van der Waals surface area (Å²) in [6, 6.07) is 13.7. The summed E-state index contributed by atoms with van der Waals surface area (Å²) in [5, 5.41) is 0. The third-order valence-corrected chi connectivity index (χ3v) is 6.35. The van der Waals surface area contributed by atoms with Crippen LogP contribution < -0.4 is 0 Å². The Balaban J connectivity index is 2.58. The van der Waals surface area contributed by atoms with Gasteiger partial charge >= 0.3 is 0 Å². The van der Waals surface area contributed by atoms with Crippen molar-refractivity contribution in [2.75, 3.05) is 0 Å². The summed E-state index contributed by atoms with van der Waals surface area (Å²) in [5.74, 6) is 0. The van der Waals surface area contributed by atoms with E-state index in [0.717, 1.165) is 56.3 Å². The van der Waals surface area contributed by atoms with Crippen LogP contribution in [0.25, 0.3) is 0 Å². The Morgan fingerprint density at radius 2 is 0.848 bits per heavy atom. The first-order valence-electron chi connectivity index (χ1n) is 13.5. The molecule has 0 saturated heterocycles. The Bertz CT molecular complexity index is 876. The number of unbranched alkanes of at least 4 members (excludes halogenated alkanes) is 3. The van der Waals surface area contributed by atoms with Crippen LogP contribution in [0, 0.1) is 0 Å². The molecule has 0 bridgehead atoms. The van der Waals surface area contributed by atoms with Crippen molar-refractivity contribution in [1.82, 2.24) is 0 Å². The highest BCUT2D eigenvalue weighted by atomic mass is 14.8. The first-order valence-corrected chi connectivity index (χ1v) is 13.5. The van der Waals surface area contributed by atoms with Crippen LogP contribution in [-0.2, 0) is 25.7 Å². The molecule has 0 aliphatic rings. The van der Waals surface area contributed by atoms with Crippen molar-refractivity contribution in [3.63, 3.8) is 0 Å². The predicted octanol–water partition coefficient (Wildman–Crippen LogP) is 9.55. The zero-order valence-corrected chi connectivity index (χ0v) is 22.1. The quantitative estimate of drug-likeness (QED) is 0.204. The Morgan fingerprint density at radius 3 is 1.18 bits per heavy atom. The van der Waals surface area contributed by atoms with E-state index in [1.54, 1.807) is 0 Å². The van der Waals surface area contributed by atoms with E-state index in [1.807, 2.05) is 0 Å². The summed E-state index contributed by atoms with van der Waals surface area (Å²) >= 11 is 0. The molecule has 0 spiro atoms. The zero-order valence-electron chi connectivity index (χ0n) is 22.1. The molecule has 0 unspecified atom stereocenters. The van der Waals surface area contributed by atoms with Crippen molar-refractivity contribution in [3.05, 3.63) is 58.7 Å². The molecule has 33 heavy (non-hydrogen) atoms. The summed E-state index contributed by atoms with van der Waals surface area (Å²) in [6.07, 6.45) is 12.1. The SMILES string of the molecule is CCCCCC(=Nc1cc(CC)cc(CC)c1)C(CCCC)=Nc1cc(CC)cc(CC)c1. The van der Waals surface area contributed by atoms with E-state index >= 15 is 0 Å². The third kappa shape index (κ3) is 8.91. The molecule has 0 aliphatic carbocycles. The van der Waals surface area contributed by atoms with Gasteiger partial charge in [0.05, 0.1) is 22.8 Å². The Hall–Kier alpha value is -2.22. The van der Waals surface area contributed by atoms with Gasteiger partial charge in [0.25, 0.3) is 0 Å². The number of rotatable bonds is 14. The molecule has 2 nitrogen and oxygen atoms in total. The highest BCUT2D eigenvalue weighted by Crippen LogP contribution is 2.24. The van der Waals surface area contributed by atoms with Crippen molar-refractivity contribution in [1.29, 1.82) is 0 Å². The first-order chi connectivity index (χ1) is 16.1. The maximum Gasteiger partial charge on any atom is 0.0639 e. The van der Waals surface area contributed by atoms with Gasteiger partial charge in [0.1, 0.15) is 0 Å². The van der Waals surface area contributed by atoms with Crippen molar-refractivity contribution < 1.29 is 0 Å². The fraction of sp³-hybridized carbons (Fsp3) is 0.548. The van der Waals surface area contributed by atoms with Crippen molar-refractivity contribution >= 4 is 22.8 Å². The van der Waals surface area contributed by atoms with Gasteiger partial charge in [-0.3, -0.25) is 9.98 Å². The third-order valence-electron chi connectivity index (χ3n) is 6.35. The van der Waals surface area contributed by atoms with Gasteiger partial charge in [0.15, 0.2) is 0 Å². The summed E-state index contributed by atoms with van der Waals surface area (Å²) in [7, 11) is 0. The van der Waals surface area contributed by atoms with Crippen LogP contribution in [0.15, 0.2) is 46.4 Å². The zero-order chi connectivity index (χ0) is 24.1. The van der Waals surface area contributed by atoms with Crippen LogP contribution >= 0.6 is 0 Å². The number of hydrogen-bond acceptors (Lipinski definition) is 2. The Labute approximate surface area is 203 Å². The van der Waals surface area contributed by atoms with Gasteiger partial charge in [-0.1, -0.05) is 72.9 Å². The molecule has 0 amide bonds. The van der Waals surface area contributed by atoms with Crippen LogP contribution in [-0.4, -0.2) is 11.4 Å². The second-order valence-electron chi connectivity index (χ2n) is 9.11. The second-order valence-corrected chi connectivity index (χ2v) is 9.11. The van der Waals surface area contributed by atoms with Gasteiger partial charge in [-0.05, 0) is 97.9 Å². The lowest BCUT2D eigenvalue weighted by Gasteiger charge is -2.13. The van der Waals surface area contributed by atoms with E-state index in [2.05, 4.69) is 77.9 Å². The van der Waals surface area contributed by atoms with Gasteiger partial charge in [-0.15, -0.1) is 0 Å². The molecule has 0 atom stereocenters. The topological polar surface area (TPSA) is 24.7 Å². The molecular formula is C31H46N2. The maximum atomic E-state index is 5.27. The predicted molar refractivity (Wildman–Crippen MR) is 148 cm³/mol. The lowest BCUT2D eigenvalue weighted by molar-refractivity contribution is 0.742. The molecule has 0 aromatic heterocycles. The molecule has 0 radical (unpaired) electrons. The number of benzene rings is 2. The Morgan fingerprint density at radius 1 is 0.485 bits per heavy atom. The maximum absolute atomic E-state index is 5.27. The summed E-state index contributed by atoms with van der Waals surface area (Å²) < 4.78 is 0. The fourth-order valence-corrected chi connectivity index (χ4v) is 4.16. The second kappa shape index (κ2) is 14.8. The van der Waals surface area contributed by atoms with Crippen molar-refractivity contribution in [2.45, 2.75) is 112 Å². The van der Waals surface area contributed by atoms with E-state index in [-0.39, 0.29) is 0 Å². The standard InChI is InChI=1S/C31H46N2/c1-7-13-15-17-31(33-29-22-26(11-5)19-27(12-6)23-29)30(16-14-8-2)32-28-20-24(9-3)18-25(10-4)21-28/h18-23H,7-17H2,1-6H3. The van der Waals surface area contributed by atoms with Crippen molar-refractivity contribution in [3.8, 4) is 0 Å². The summed E-state index contributed by atoms with van der Waals surface area (Å²) in [6.45, 7) is 13.4. The van der Waals surface area contributed by atoms with Crippen molar-refractivity contribution in [2.24, 2.45) is 9.98 Å². The molecule has 2 heteroatoms. The highest BCUT2D eigenvalue weighted by Gasteiger charge is 2.12. The largest absolute Gasteiger partial charge is 0.252 e. The minimum atomic E-state index is 0.993. The average Bonchev–Trinajstić information content (AvgIpc) is 2.85. The molecule has 180 valence electrons. The van der Waals surface area contributed by atoms with Gasteiger partial charge in [0, 0.05) is 0 Å².